The summed E-state index contributed by atoms with van der Waals surface area (Å²) in [7, 11) is 0. The molecular weight excluding hydrogens is 230 g/mol. The zero-order valence-corrected chi connectivity index (χ0v) is 11.3. The fourth-order valence-corrected chi connectivity index (χ4v) is 1.80. The third-order valence-corrected chi connectivity index (χ3v) is 3.07. The van der Waals surface area contributed by atoms with Crippen LogP contribution in [-0.2, 0) is 0 Å². The Morgan fingerprint density at radius 1 is 1.33 bits per heavy atom. The fraction of sp³-hybridized carbons (Fsp3) is 0.538. The van der Waals surface area contributed by atoms with Crippen LogP contribution in [0, 0.1) is 17.0 Å². The maximum atomic E-state index is 10.7. The molecule has 1 aromatic rings. The Kier molecular flexibility index (Phi) is 5.58. The summed E-state index contributed by atoms with van der Waals surface area (Å²) in [5, 5.41) is 14.0. The lowest BCUT2D eigenvalue weighted by molar-refractivity contribution is -0.384. The van der Waals surface area contributed by atoms with Crippen molar-refractivity contribution in [3.8, 4) is 0 Å². The standard InChI is InChI=1S/C13H21N3O2/c1-4-15(5-2)9-8-14-13-10-12(16(17)18)7-6-11(13)3/h6-7,10,14H,4-5,8-9H2,1-3H3. The molecule has 0 heterocycles. The second kappa shape index (κ2) is 6.96. The van der Waals surface area contributed by atoms with Crippen LogP contribution in [0.1, 0.15) is 19.4 Å². The van der Waals surface area contributed by atoms with E-state index in [0.717, 1.165) is 37.4 Å². The number of likely N-dealkylation sites (N-methyl/N-ethyl adjacent to an activating group) is 1. The molecule has 0 aliphatic carbocycles. The van der Waals surface area contributed by atoms with Gasteiger partial charge in [-0.15, -0.1) is 0 Å². The largest absolute Gasteiger partial charge is 0.383 e. The van der Waals surface area contributed by atoms with Crippen molar-refractivity contribution in [2.45, 2.75) is 20.8 Å². The van der Waals surface area contributed by atoms with E-state index in [9.17, 15) is 10.1 Å². The first-order valence-corrected chi connectivity index (χ1v) is 6.29. The molecule has 1 N–H and O–H groups in total. The molecule has 0 unspecified atom stereocenters. The van der Waals surface area contributed by atoms with Gasteiger partial charge in [-0.1, -0.05) is 19.9 Å². The first-order chi connectivity index (χ1) is 8.58. The van der Waals surface area contributed by atoms with E-state index in [1.165, 1.54) is 6.07 Å². The van der Waals surface area contributed by atoms with Gasteiger partial charge in [0.25, 0.3) is 5.69 Å². The molecule has 1 aromatic carbocycles. The van der Waals surface area contributed by atoms with Crippen molar-refractivity contribution in [2.24, 2.45) is 0 Å². The second-order valence-electron chi connectivity index (χ2n) is 4.21. The Morgan fingerprint density at radius 2 is 2.00 bits per heavy atom. The molecule has 0 aliphatic rings. The Balaban J connectivity index is 2.61. The Labute approximate surface area is 108 Å². The summed E-state index contributed by atoms with van der Waals surface area (Å²) in [6, 6.07) is 4.90. The van der Waals surface area contributed by atoms with E-state index in [4.69, 9.17) is 0 Å². The van der Waals surface area contributed by atoms with Gasteiger partial charge in [0.1, 0.15) is 0 Å². The summed E-state index contributed by atoms with van der Waals surface area (Å²) in [5.74, 6) is 0. The summed E-state index contributed by atoms with van der Waals surface area (Å²) in [6.45, 7) is 9.98. The third kappa shape index (κ3) is 4.00. The topological polar surface area (TPSA) is 58.4 Å². The molecule has 1 rings (SSSR count). The number of nitrogens with one attached hydrogen (secondary N) is 1. The minimum absolute atomic E-state index is 0.130. The van der Waals surface area contributed by atoms with E-state index in [1.807, 2.05) is 6.92 Å². The highest BCUT2D eigenvalue weighted by Crippen LogP contribution is 2.21. The number of anilines is 1. The zero-order valence-electron chi connectivity index (χ0n) is 11.3. The number of aryl methyl sites for hydroxylation is 1. The maximum absolute atomic E-state index is 10.7. The molecule has 0 amide bonds. The van der Waals surface area contributed by atoms with Crippen LogP contribution in [-0.4, -0.2) is 36.0 Å². The zero-order chi connectivity index (χ0) is 13.5. The van der Waals surface area contributed by atoms with E-state index >= 15 is 0 Å². The number of nitrogens with zero attached hydrogens (tertiary/aromatic N) is 2. The first-order valence-electron chi connectivity index (χ1n) is 6.29. The molecule has 0 atom stereocenters. The van der Waals surface area contributed by atoms with Crippen LogP contribution in [0.15, 0.2) is 18.2 Å². The number of hydrogen-bond donors (Lipinski definition) is 1. The molecule has 0 aliphatic heterocycles. The van der Waals surface area contributed by atoms with Gasteiger partial charge in [0.2, 0.25) is 0 Å². The highest BCUT2D eigenvalue weighted by atomic mass is 16.6. The molecule has 0 spiro atoms. The van der Waals surface area contributed by atoms with Crippen LogP contribution in [0.25, 0.3) is 0 Å². The number of non-ortho nitro benzene ring substituents is 1. The summed E-state index contributed by atoms with van der Waals surface area (Å²) in [5.41, 5.74) is 2.00. The normalized spacial score (nSPS) is 10.7. The van der Waals surface area contributed by atoms with E-state index in [1.54, 1.807) is 12.1 Å². The van der Waals surface area contributed by atoms with Crippen molar-refractivity contribution in [3.63, 3.8) is 0 Å². The maximum Gasteiger partial charge on any atom is 0.271 e. The highest BCUT2D eigenvalue weighted by molar-refractivity contribution is 5.56. The van der Waals surface area contributed by atoms with E-state index in [0.29, 0.717) is 0 Å². The highest BCUT2D eigenvalue weighted by Gasteiger charge is 2.08. The predicted molar refractivity (Wildman–Crippen MR) is 74.1 cm³/mol. The first kappa shape index (κ1) is 14.4. The number of hydrogen-bond acceptors (Lipinski definition) is 4. The fourth-order valence-electron chi connectivity index (χ4n) is 1.80. The SMILES string of the molecule is CCN(CC)CCNc1cc([N+](=O)[O-])ccc1C. The average Bonchev–Trinajstić information content (AvgIpc) is 2.36. The lowest BCUT2D eigenvalue weighted by Crippen LogP contribution is -2.28. The smallest absolute Gasteiger partial charge is 0.271 e. The molecule has 5 nitrogen and oxygen atoms in total. The van der Waals surface area contributed by atoms with Crippen LogP contribution >= 0.6 is 0 Å². The van der Waals surface area contributed by atoms with Crippen LogP contribution in [0.2, 0.25) is 0 Å². The molecule has 0 radical (unpaired) electrons. The van der Waals surface area contributed by atoms with Crippen molar-refractivity contribution in [3.05, 3.63) is 33.9 Å². The van der Waals surface area contributed by atoms with Crippen molar-refractivity contribution in [2.75, 3.05) is 31.5 Å². The van der Waals surface area contributed by atoms with Crippen LogP contribution < -0.4 is 5.32 Å². The van der Waals surface area contributed by atoms with Crippen LogP contribution in [0.5, 0.6) is 0 Å². The molecule has 0 saturated heterocycles. The summed E-state index contributed by atoms with van der Waals surface area (Å²) in [4.78, 5) is 12.6. The summed E-state index contributed by atoms with van der Waals surface area (Å²) in [6.07, 6.45) is 0. The van der Waals surface area contributed by atoms with Gasteiger partial charge in [-0.2, -0.15) is 0 Å². The van der Waals surface area contributed by atoms with Crippen LogP contribution in [0.4, 0.5) is 11.4 Å². The number of nitro benzene ring substituents is 1. The monoisotopic (exact) mass is 251 g/mol. The lowest BCUT2D eigenvalue weighted by atomic mass is 10.2. The lowest BCUT2D eigenvalue weighted by Gasteiger charge is -2.18. The molecule has 18 heavy (non-hydrogen) atoms. The Hall–Kier alpha value is -1.62. The van der Waals surface area contributed by atoms with Gasteiger partial charge in [0.05, 0.1) is 4.92 Å². The number of nitro groups is 1. The van der Waals surface area contributed by atoms with E-state index < -0.39 is 0 Å². The van der Waals surface area contributed by atoms with Crippen molar-refractivity contribution < 1.29 is 4.92 Å². The number of benzene rings is 1. The summed E-state index contributed by atoms with van der Waals surface area (Å²) >= 11 is 0. The van der Waals surface area contributed by atoms with Gasteiger partial charge < -0.3 is 10.2 Å². The van der Waals surface area contributed by atoms with Gasteiger partial charge >= 0.3 is 0 Å². The Bertz CT molecular complexity index is 403. The quantitative estimate of drug-likeness (QED) is 0.598. The molecule has 0 saturated carbocycles. The van der Waals surface area contributed by atoms with Crippen molar-refractivity contribution in [1.29, 1.82) is 0 Å². The van der Waals surface area contributed by atoms with Gasteiger partial charge in [0.15, 0.2) is 0 Å². The minimum atomic E-state index is -0.366. The van der Waals surface area contributed by atoms with Crippen LogP contribution in [0.3, 0.4) is 0 Å². The Morgan fingerprint density at radius 3 is 2.56 bits per heavy atom. The predicted octanol–water partition coefficient (Wildman–Crippen LogP) is 2.66. The molecule has 0 aromatic heterocycles. The molecular formula is C13H21N3O2. The van der Waals surface area contributed by atoms with E-state index in [2.05, 4.69) is 24.1 Å². The average molecular weight is 251 g/mol. The van der Waals surface area contributed by atoms with Gasteiger partial charge in [-0.25, -0.2) is 0 Å². The molecule has 0 fully saturated rings. The van der Waals surface area contributed by atoms with Gasteiger partial charge in [-0.3, -0.25) is 10.1 Å². The molecule has 0 bridgehead atoms. The number of rotatable bonds is 7. The molecule has 100 valence electrons. The minimum Gasteiger partial charge on any atom is -0.383 e. The van der Waals surface area contributed by atoms with E-state index in [-0.39, 0.29) is 10.6 Å². The summed E-state index contributed by atoms with van der Waals surface area (Å²) < 4.78 is 0. The molecule has 5 heteroatoms. The van der Waals surface area contributed by atoms with Crippen molar-refractivity contribution in [1.82, 2.24) is 4.90 Å². The van der Waals surface area contributed by atoms with Gasteiger partial charge in [-0.05, 0) is 25.6 Å². The van der Waals surface area contributed by atoms with Gasteiger partial charge in [0, 0.05) is 30.9 Å². The second-order valence-corrected chi connectivity index (χ2v) is 4.21. The van der Waals surface area contributed by atoms with Crippen molar-refractivity contribution >= 4 is 11.4 Å². The third-order valence-electron chi connectivity index (χ3n) is 3.07.